The predicted molar refractivity (Wildman–Crippen MR) is 66.8 cm³/mol. The van der Waals surface area contributed by atoms with E-state index < -0.39 is 11.4 Å². The molecule has 0 aromatic heterocycles. The molecule has 96 valence electrons. The standard InChI is InChI=1S/C13H18ClFO2/c1-9(2)13(16,8-17-3)7-10-4-5-11(14)12(15)6-10/h4-6,9,16H,7-8H2,1-3H3. The van der Waals surface area contributed by atoms with Gasteiger partial charge >= 0.3 is 0 Å². The summed E-state index contributed by atoms with van der Waals surface area (Å²) in [5, 5.41) is 10.5. The molecule has 1 atom stereocenters. The van der Waals surface area contributed by atoms with E-state index >= 15 is 0 Å². The second kappa shape index (κ2) is 5.80. The molecule has 1 N–H and O–H groups in total. The highest BCUT2D eigenvalue weighted by molar-refractivity contribution is 6.30. The lowest BCUT2D eigenvalue weighted by atomic mass is 9.85. The third-order valence-electron chi connectivity index (χ3n) is 2.96. The van der Waals surface area contributed by atoms with Crippen LogP contribution < -0.4 is 0 Å². The minimum Gasteiger partial charge on any atom is -0.387 e. The normalized spacial score (nSPS) is 15.0. The SMILES string of the molecule is COCC(O)(Cc1ccc(Cl)c(F)c1)C(C)C. The first-order valence-electron chi connectivity index (χ1n) is 5.54. The molecule has 0 amide bonds. The quantitative estimate of drug-likeness (QED) is 0.882. The van der Waals surface area contributed by atoms with Gasteiger partial charge in [0, 0.05) is 13.5 Å². The lowest BCUT2D eigenvalue weighted by Gasteiger charge is -2.31. The molecule has 1 rings (SSSR count). The summed E-state index contributed by atoms with van der Waals surface area (Å²) < 4.78 is 18.3. The van der Waals surface area contributed by atoms with Crippen LogP contribution in [0.4, 0.5) is 4.39 Å². The van der Waals surface area contributed by atoms with Gasteiger partial charge in [0.15, 0.2) is 0 Å². The van der Waals surface area contributed by atoms with E-state index in [0.29, 0.717) is 12.0 Å². The van der Waals surface area contributed by atoms with Gasteiger partial charge in [-0.15, -0.1) is 0 Å². The molecule has 17 heavy (non-hydrogen) atoms. The molecule has 0 saturated carbocycles. The zero-order chi connectivity index (χ0) is 13.1. The van der Waals surface area contributed by atoms with Gasteiger partial charge in [0.1, 0.15) is 5.82 Å². The molecular formula is C13H18ClFO2. The van der Waals surface area contributed by atoms with Gasteiger partial charge in [-0.3, -0.25) is 0 Å². The summed E-state index contributed by atoms with van der Waals surface area (Å²) in [6.45, 7) is 4.03. The van der Waals surface area contributed by atoms with E-state index in [0.717, 1.165) is 0 Å². The molecule has 0 spiro atoms. The van der Waals surface area contributed by atoms with E-state index in [1.165, 1.54) is 19.2 Å². The molecule has 0 heterocycles. The van der Waals surface area contributed by atoms with Crippen molar-refractivity contribution in [2.45, 2.75) is 25.9 Å². The smallest absolute Gasteiger partial charge is 0.142 e. The van der Waals surface area contributed by atoms with Gasteiger partial charge in [0.2, 0.25) is 0 Å². The molecule has 1 aromatic rings. The Labute approximate surface area is 106 Å². The van der Waals surface area contributed by atoms with Crippen molar-refractivity contribution in [1.82, 2.24) is 0 Å². The van der Waals surface area contributed by atoms with Gasteiger partial charge in [-0.25, -0.2) is 4.39 Å². The maximum Gasteiger partial charge on any atom is 0.142 e. The highest BCUT2D eigenvalue weighted by Gasteiger charge is 2.31. The van der Waals surface area contributed by atoms with Crippen LogP contribution in [0.2, 0.25) is 5.02 Å². The van der Waals surface area contributed by atoms with Crippen molar-refractivity contribution in [2.75, 3.05) is 13.7 Å². The summed E-state index contributed by atoms with van der Waals surface area (Å²) >= 11 is 5.61. The Bertz CT molecular complexity index is 382. The Hall–Kier alpha value is -0.640. The summed E-state index contributed by atoms with van der Waals surface area (Å²) in [7, 11) is 1.54. The van der Waals surface area contributed by atoms with Gasteiger partial charge < -0.3 is 9.84 Å². The lowest BCUT2D eigenvalue weighted by molar-refractivity contribution is -0.0637. The van der Waals surface area contributed by atoms with Crippen molar-refractivity contribution in [3.8, 4) is 0 Å². The predicted octanol–water partition coefficient (Wildman–Crippen LogP) is 3.06. The summed E-state index contributed by atoms with van der Waals surface area (Å²) in [4.78, 5) is 0. The van der Waals surface area contributed by atoms with E-state index in [1.807, 2.05) is 13.8 Å². The van der Waals surface area contributed by atoms with Gasteiger partial charge in [-0.05, 0) is 23.6 Å². The van der Waals surface area contributed by atoms with Gasteiger partial charge in [0.05, 0.1) is 17.2 Å². The van der Waals surface area contributed by atoms with Crippen molar-refractivity contribution >= 4 is 11.6 Å². The average Bonchev–Trinajstić information content (AvgIpc) is 2.23. The molecule has 0 bridgehead atoms. The molecule has 1 unspecified atom stereocenters. The topological polar surface area (TPSA) is 29.5 Å². The second-order valence-corrected chi connectivity index (χ2v) is 5.02. The van der Waals surface area contributed by atoms with Gasteiger partial charge in [-0.2, -0.15) is 0 Å². The maximum atomic E-state index is 13.3. The van der Waals surface area contributed by atoms with E-state index in [-0.39, 0.29) is 17.5 Å². The first-order chi connectivity index (χ1) is 7.89. The Morgan fingerprint density at radius 1 is 1.47 bits per heavy atom. The number of methoxy groups -OCH3 is 1. The van der Waals surface area contributed by atoms with E-state index in [1.54, 1.807) is 6.07 Å². The highest BCUT2D eigenvalue weighted by atomic mass is 35.5. The Balaban J connectivity index is 2.90. The lowest BCUT2D eigenvalue weighted by Crippen LogP contribution is -2.42. The van der Waals surface area contributed by atoms with Crippen LogP contribution in [0.5, 0.6) is 0 Å². The number of benzene rings is 1. The number of ether oxygens (including phenoxy) is 1. The molecule has 0 aliphatic heterocycles. The van der Waals surface area contributed by atoms with Crippen LogP contribution in [-0.4, -0.2) is 24.4 Å². The van der Waals surface area contributed by atoms with Crippen LogP contribution in [0.15, 0.2) is 18.2 Å². The van der Waals surface area contributed by atoms with Crippen LogP contribution in [-0.2, 0) is 11.2 Å². The maximum absolute atomic E-state index is 13.3. The Morgan fingerprint density at radius 2 is 2.12 bits per heavy atom. The summed E-state index contributed by atoms with van der Waals surface area (Å²) in [5.74, 6) is -0.450. The summed E-state index contributed by atoms with van der Waals surface area (Å²) in [5.41, 5.74) is -0.283. The van der Waals surface area contributed by atoms with Gasteiger partial charge in [0.25, 0.3) is 0 Å². The second-order valence-electron chi connectivity index (χ2n) is 4.62. The summed E-state index contributed by atoms with van der Waals surface area (Å²) in [6.07, 6.45) is 0.340. The van der Waals surface area contributed by atoms with Crippen molar-refractivity contribution in [3.63, 3.8) is 0 Å². The molecule has 1 aromatic carbocycles. The van der Waals surface area contributed by atoms with Crippen molar-refractivity contribution in [1.29, 1.82) is 0 Å². The van der Waals surface area contributed by atoms with Crippen LogP contribution in [0, 0.1) is 11.7 Å². The molecule has 0 radical (unpaired) electrons. The Kier molecular flexibility index (Phi) is 4.92. The monoisotopic (exact) mass is 260 g/mol. The first kappa shape index (κ1) is 14.4. The third kappa shape index (κ3) is 3.66. The van der Waals surface area contributed by atoms with Crippen LogP contribution in [0.1, 0.15) is 19.4 Å². The highest BCUT2D eigenvalue weighted by Crippen LogP contribution is 2.25. The van der Waals surface area contributed by atoms with Gasteiger partial charge in [-0.1, -0.05) is 31.5 Å². The number of hydrogen-bond donors (Lipinski definition) is 1. The van der Waals surface area contributed by atoms with Crippen molar-refractivity contribution in [3.05, 3.63) is 34.6 Å². The van der Waals surface area contributed by atoms with E-state index in [2.05, 4.69) is 0 Å². The average molecular weight is 261 g/mol. The van der Waals surface area contributed by atoms with Crippen LogP contribution >= 0.6 is 11.6 Å². The molecule has 4 heteroatoms. The molecular weight excluding hydrogens is 243 g/mol. The molecule has 2 nitrogen and oxygen atoms in total. The van der Waals surface area contributed by atoms with Crippen molar-refractivity contribution in [2.24, 2.45) is 5.92 Å². The van der Waals surface area contributed by atoms with E-state index in [9.17, 15) is 9.50 Å². The summed E-state index contributed by atoms with van der Waals surface area (Å²) in [6, 6.07) is 4.57. The molecule has 0 aliphatic rings. The minimum absolute atomic E-state index is 0.0150. The zero-order valence-corrected chi connectivity index (χ0v) is 11.1. The first-order valence-corrected chi connectivity index (χ1v) is 5.92. The molecule has 0 fully saturated rings. The third-order valence-corrected chi connectivity index (χ3v) is 3.27. The van der Waals surface area contributed by atoms with E-state index in [4.69, 9.17) is 16.3 Å². The number of rotatable bonds is 5. The number of aliphatic hydroxyl groups is 1. The minimum atomic E-state index is -0.991. The number of halogens is 2. The molecule has 0 aliphatic carbocycles. The van der Waals surface area contributed by atoms with Crippen molar-refractivity contribution < 1.29 is 14.2 Å². The molecule has 0 saturated heterocycles. The van der Waals surface area contributed by atoms with Crippen LogP contribution in [0.3, 0.4) is 0 Å². The largest absolute Gasteiger partial charge is 0.387 e. The fourth-order valence-electron chi connectivity index (χ4n) is 1.67. The van der Waals surface area contributed by atoms with Crippen LogP contribution in [0.25, 0.3) is 0 Å². The number of hydrogen-bond acceptors (Lipinski definition) is 2. The fraction of sp³-hybridized carbons (Fsp3) is 0.538. The fourth-order valence-corrected chi connectivity index (χ4v) is 1.79. The Morgan fingerprint density at radius 3 is 2.59 bits per heavy atom. The zero-order valence-electron chi connectivity index (χ0n) is 10.3.